The molecule has 0 aliphatic carbocycles. The van der Waals surface area contributed by atoms with Crippen molar-refractivity contribution in [1.82, 2.24) is 4.72 Å². The van der Waals surface area contributed by atoms with Gasteiger partial charge in [-0.1, -0.05) is 34.1 Å². The van der Waals surface area contributed by atoms with Crippen LogP contribution in [0.15, 0.2) is 36.4 Å². The first-order chi connectivity index (χ1) is 9.04. The lowest BCUT2D eigenvalue weighted by Gasteiger charge is -2.07. The van der Waals surface area contributed by atoms with Gasteiger partial charge in [0, 0.05) is 6.54 Å². The molecule has 0 amide bonds. The Bertz CT molecular complexity index is 685. The van der Waals surface area contributed by atoms with Gasteiger partial charge in [0.15, 0.2) is 0 Å². The van der Waals surface area contributed by atoms with Crippen molar-refractivity contribution in [3.8, 4) is 5.75 Å². The first-order valence-corrected chi connectivity index (χ1v) is 8.41. The molecule has 0 heterocycles. The average molecular weight is 344 g/mol. The third kappa shape index (κ3) is 3.68. The molecule has 2 aromatic rings. The van der Waals surface area contributed by atoms with Crippen molar-refractivity contribution in [2.24, 2.45) is 0 Å². The van der Waals surface area contributed by atoms with Crippen LogP contribution >= 0.6 is 15.9 Å². The van der Waals surface area contributed by atoms with Crippen LogP contribution in [0.4, 0.5) is 0 Å². The Morgan fingerprint density at radius 2 is 1.84 bits per heavy atom. The number of benzene rings is 2. The van der Waals surface area contributed by atoms with Crippen LogP contribution in [0.3, 0.4) is 0 Å². The molecule has 4 nitrogen and oxygen atoms in total. The number of alkyl halides is 1. The van der Waals surface area contributed by atoms with E-state index in [9.17, 15) is 8.42 Å². The highest BCUT2D eigenvalue weighted by Crippen LogP contribution is 2.21. The minimum Gasteiger partial charge on any atom is -0.497 e. The Morgan fingerprint density at radius 3 is 2.53 bits per heavy atom. The Balaban J connectivity index is 2.22. The fourth-order valence-electron chi connectivity index (χ4n) is 1.74. The molecule has 0 fully saturated rings. The number of rotatable bonds is 5. The molecule has 0 unspecified atom stereocenters. The fraction of sp³-hybridized carbons (Fsp3) is 0.231. The fourth-order valence-corrected chi connectivity index (χ4v) is 2.69. The minimum absolute atomic E-state index is 0.0925. The van der Waals surface area contributed by atoms with Crippen LogP contribution in [0.25, 0.3) is 10.8 Å². The molecule has 0 aliphatic heterocycles. The summed E-state index contributed by atoms with van der Waals surface area (Å²) in [5.74, 6) is 0.806. The van der Waals surface area contributed by atoms with Gasteiger partial charge in [-0.3, -0.25) is 0 Å². The van der Waals surface area contributed by atoms with E-state index in [1.165, 1.54) is 0 Å². The smallest absolute Gasteiger partial charge is 0.221 e. The van der Waals surface area contributed by atoms with Gasteiger partial charge >= 0.3 is 0 Å². The van der Waals surface area contributed by atoms with E-state index in [2.05, 4.69) is 20.7 Å². The zero-order chi connectivity index (χ0) is 13.9. The van der Waals surface area contributed by atoms with Crippen molar-refractivity contribution < 1.29 is 13.2 Å². The van der Waals surface area contributed by atoms with Crippen molar-refractivity contribution in [1.29, 1.82) is 0 Å². The van der Waals surface area contributed by atoms with Crippen LogP contribution in [0, 0.1) is 0 Å². The van der Waals surface area contributed by atoms with Crippen LogP contribution in [-0.2, 0) is 16.6 Å². The third-order valence-electron chi connectivity index (χ3n) is 2.75. The Morgan fingerprint density at radius 1 is 1.16 bits per heavy atom. The molecule has 0 atom stereocenters. The van der Waals surface area contributed by atoms with Crippen molar-refractivity contribution in [2.75, 3.05) is 11.8 Å². The van der Waals surface area contributed by atoms with E-state index in [0.717, 1.165) is 22.1 Å². The van der Waals surface area contributed by atoms with E-state index >= 15 is 0 Å². The van der Waals surface area contributed by atoms with Gasteiger partial charge in [0.2, 0.25) is 10.0 Å². The number of ether oxygens (including phenoxy) is 1. The number of halogens is 1. The largest absolute Gasteiger partial charge is 0.497 e. The lowest BCUT2D eigenvalue weighted by atomic mass is 10.1. The summed E-state index contributed by atoms with van der Waals surface area (Å²) in [5.41, 5.74) is 0.919. The predicted octanol–water partition coefficient (Wildman–Crippen LogP) is 2.62. The first kappa shape index (κ1) is 14.3. The Hall–Kier alpha value is -1.11. The number of fused-ring (bicyclic) bond motifs is 1. The lowest BCUT2D eigenvalue weighted by Crippen LogP contribution is -2.23. The number of sulfonamides is 1. The molecule has 0 aliphatic rings. The van der Waals surface area contributed by atoms with Gasteiger partial charge in [-0.05, 0) is 34.5 Å². The second-order valence-corrected chi connectivity index (χ2v) is 7.20. The number of nitrogens with one attached hydrogen (secondary N) is 1. The van der Waals surface area contributed by atoms with Gasteiger partial charge in [-0.15, -0.1) is 0 Å². The summed E-state index contributed by atoms with van der Waals surface area (Å²) in [5, 5.41) is 2.11. The summed E-state index contributed by atoms with van der Waals surface area (Å²) in [6.45, 7) is 0.288. The van der Waals surface area contributed by atoms with Crippen LogP contribution in [0.2, 0.25) is 0 Å². The molecule has 0 aromatic heterocycles. The molecule has 2 aromatic carbocycles. The molecule has 0 saturated carbocycles. The monoisotopic (exact) mass is 343 g/mol. The van der Waals surface area contributed by atoms with E-state index in [0.29, 0.717) is 0 Å². The van der Waals surface area contributed by atoms with Gasteiger partial charge in [0.05, 0.1) is 7.11 Å². The summed E-state index contributed by atoms with van der Waals surface area (Å²) in [6.07, 6.45) is 0. The van der Waals surface area contributed by atoms with Crippen LogP contribution in [-0.4, -0.2) is 20.2 Å². The SMILES string of the molecule is COc1ccc2cc(CNS(=O)(=O)CBr)ccc2c1. The molecule has 0 radical (unpaired) electrons. The third-order valence-corrected chi connectivity index (χ3v) is 5.43. The maximum atomic E-state index is 11.3. The zero-order valence-corrected chi connectivity index (χ0v) is 12.8. The summed E-state index contributed by atoms with van der Waals surface area (Å²) in [7, 11) is -1.61. The minimum atomic E-state index is -3.23. The molecular weight excluding hydrogens is 330 g/mol. The molecule has 1 N–H and O–H groups in total. The lowest BCUT2D eigenvalue weighted by molar-refractivity contribution is 0.415. The molecule has 0 bridgehead atoms. The normalized spacial score (nSPS) is 11.7. The highest BCUT2D eigenvalue weighted by molar-refractivity contribution is 9.10. The Labute approximate surface area is 120 Å². The highest BCUT2D eigenvalue weighted by atomic mass is 79.9. The summed E-state index contributed by atoms with van der Waals surface area (Å²) in [6, 6.07) is 11.6. The quantitative estimate of drug-likeness (QED) is 0.849. The molecule has 102 valence electrons. The predicted molar refractivity (Wildman–Crippen MR) is 80.1 cm³/mol. The summed E-state index contributed by atoms with van der Waals surface area (Å²) in [4.78, 5) is 0. The molecular formula is C13H14BrNO3S. The highest BCUT2D eigenvalue weighted by Gasteiger charge is 2.07. The molecule has 0 saturated heterocycles. The molecule has 19 heavy (non-hydrogen) atoms. The van der Waals surface area contributed by atoms with Crippen LogP contribution in [0.1, 0.15) is 5.56 Å². The van der Waals surface area contributed by atoms with Gasteiger partial charge < -0.3 is 4.74 Å². The van der Waals surface area contributed by atoms with Gasteiger partial charge in [0.1, 0.15) is 10.4 Å². The van der Waals surface area contributed by atoms with E-state index in [4.69, 9.17) is 4.74 Å². The standard InChI is InChI=1S/C13H14BrNO3S/c1-18-13-5-4-11-6-10(2-3-12(11)7-13)8-15-19(16,17)9-14/h2-7,15H,8-9H2,1H3. The molecule has 2 rings (SSSR count). The van der Waals surface area contributed by atoms with Crippen LogP contribution < -0.4 is 9.46 Å². The Kier molecular flexibility index (Phi) is 4.44. The average Bonchev–Trinajstić information content (AvgIpc) is 2.44. The maximum absolute atomic E-state index is 11.3. The molecule has 6 heteroatoms. The number of methoxy groups -OCH3 is 1. The van der Waals surface area contributed by atoms with Gasteiger partial charge in [0.25, 0.3) is 0 Å². The second-order valence-electron chi connectivity index (χ2n) is 4.09. The summed E-state index contributed by atoms with van der Waals surface area (Å²) >= 11 is 2.94. The van der Waals surface area contributed by atoms with Gasteiger partial charge in [-0.2, -0.15) is 0 Å². The zero-order valence-electron chi connectivity index (χ0n) is 10.4. The van der Waals surface area contributed by atoms with Crippen molar-refractivity contribution >= 4 is 36.7 Å². The van der Waals surface area contributed by atoms with Crippen LogP contribution in [0.5, 0.6) is 5.75 Å². The number of hydrogen-bond acceptors (Lipinski definition) is 3. The van der Waals surface area contributed by atoms with Gasteiger partial charge in [-0.25, -0.2) is 13.1 Å². The van der Waals surface area contributed by atoms with E-state index in [1.807, 2.05) is 36.4 Å². The summed E-state index contributed by atoms with van der Waals surface area (Å²) < 4.78 is 30.3. The topological polar surface area (TPSA) is 55.4 Å². The van der Waals surface area contributed by atoms with Crippen molar-refractivity contribution in [3.05, 3.63) is 42.0 Å². The second kappa shape index (κ2) is 5.90. The maximum Gasteiger partial charge on any atom is 0.221 e. The van der Waals surface area contributed by atoms with Crippen molar-refractivity contribution in [2.45, 2.75) is 6.54 Å². The van der Waals surface area contributed by atoms with E-state index < -0.39 is 10.0 Å². The number of hydrogen-bond donors (Lipinski definition) is 1. The first-order valence-electron chi connectivity index (χ1n) is 5.64. The van der Waals surface area contributed by atoms with E-state index in [-0.39, 0.29) is 11.2 Å². The van der Waals surface area contributed by atoms with Crippen molar-refractivity contribution in [3.63, 3.8) is 0 Å². The van der Waals surface area contributed by atoms with E-state index in [1.54, 1.807) is 7.11 Å². The molecule has 0 spiro atoms.